The lowest BCUT2D eigenvalue weighted by Gasteiger charge is -2.36. The molecule has 0 atom stereocenters. The molecular weight excluding hydrogens is 309 g/mol. The lowest BCUT2D eigenvalue weighted by Crippen LogP contribution is -2.52. The summed E-state index contributed by atoms with van der Waals surface area (Å²) in [4.78, 5) is 15.8. The fraction of sp³-hybridized carbons (Fsp3) is 0.278. The molecule has 0 aromatic heterocycles. The van der Waals surface area contributed by atoms with Crippen molar-refractivity contribution >= 4 is 11.7 Å². The largest absolute Gasteiger partial charge is 0.473 e. The highest BCUT2D eigenvalue weighted by Crippen LogP contribution is 2.20. The van der Waals surface area contributed by atoms with Crippen molar-refractivity contribution in [3.8, 4) is 5.75 Å². The molecule has 0 unspecified atom stereocenters. The quantitative estimate of drug-likeness (QED) is 0.877. The molecule has 6 heteroatoms. The van der Waals surface area contributed by atoms with E-state index in [4.69, 9.17) is 4.74 Å². The molecule has 1 aliphatic rings. The van der Waals surface area contributed by atoms with Crippen LogP contribution in [0.1, 0.15) is 0 Å². The number of halogens is 1. The van der Waals surface area contributed by atoms with Gasteiger partial charge in [0.25, 0.3) is 0 Å². The third kappa shape index (κ3) is 3.95. The number of amides is 2. The van der Waals surface area contributed by atoms with Crippen LogP contribution in [0.25, 0.3) is 0 Å². The smallest absolute Gasteiger partial charge is 0.320 e. The number of piperazine rings is 1. The van der Waals surface area contributed by atoms with Gasteiger partial charge in [0, 0.05) is 26.2 Å². The highest BCUT2D eigenvalue weighted by molar-refractivity contribution is 5.74. The van der Waals surface area contributed by atoms with Crippen LogP contribution < -0.4 is 15.0 Å². The zero-order valence-corrected chi connectivity index (χ0v) is 13.3. The Labute approximate surface area is 140 Å². The Hall–Kier alpha value is -2.76. The van der Waals surface area contributed by atoms with E-state index in [0.717, 1.165) is 0 Å². The van der Waals surface area contributed by atoms with E-state index < -0.39 is 0 Å². The van der Waals surface area contributed by atoms with Gasteiger partial charge in [0.2, 0.25) is 0 Å². The Balaban J connectivity index is 1.44. The van der Waals surface area contributed by atoms with Crippen LogP contribution in [0, 0.1) is 5.82 Å². The van der Waals surface area contributed by atoms with Crippen molar-refractivity contribution in [3.05, 3.63) is 60.4 Å². The SMILES string of the molecule is O=C(NCOc1ccccc1)N1CCN(c2ccccc2F)CC1. The zero-order chi connectivity index (χ0) is 16.8. The summed E-state index contributed by atoms with van der Waals surface area (Å²) in [7, 11) is 0. The number of urea groups is 1. The lowest BCUT2D eigenvalue weighted by molar-refractivity contribution is 0.181. The Morgan fingerprint density at radius 1 is 1.00 bits per heavy atom. The van der Waals surface area contributed by atoms with E-state index in [2.05, 4.69) is 5.32 Å². The molecule has 1 heterocycles. The molecule has 0 aliphatic carbocycles. The molecule has 1 saturated heterocycles. The number of para-hydroxylation sites is 2. The zero-order valence-electron chi connectivity index (χ0n) is 13.3. The first-order valence-electron chi connectivity index (χ1n) is 7.94. The van der Waals surface area contributed by atoms with E-state index in [0.29, 0.717) is 37.6 Å². The van der Waals surface area contributed by atoms with Crippen molar-refractivity contribution < 1.29 is 13.9 Å². The maximum atomic E-state index is 13.8. The molecule has 0 bridgehead atoms. The molecule has 126 valence electrons. The molecular formula is C18H20FN3O2. The molecule has 1 fully saturated rings. The number of nitrogens with one attached hydrogen (secondary N) is 1. The van der Waals surface area contributed by atoms with Gasteiger partial charge in [-0.2, -0.15) is 0 Å². The van der Waals surface area contributed by atoms with Gasteiger partial charge in [-0.1, -0.05) is 30.3 Å². The molecule has 2 aromatic carbocycles. The van der Waals surface area contributed by atoms with Gasteiger partial charge in [-0.25, -0.2) is 9.18 Å². The van der Waals surface area contributed by atoms with Crippen LogP contribution in [0.5, 0.6) is 5.75 Å². The Kier molecular flexibility index (Phi) is 5.15. The molecule has 5 nitrogen and oxygen atoms in total. The topological polar surface area (TPSA) is 44.8 Å². The molecule has 0 saturated carbocycles. The predicted molar refractivity (Wildman–Crippen MR) is 90.7 cm³/mol. The Bertz CT molecular complexity index is 673. The van der Waals surface area contributed by atoms with Crippen molar-refractivity contribution in [1.82, 2.24) is 10.2 Å². The third-order valence-electron chi connectivity index (χ3n) is 3.97. The minimum Gasteiger partial charge on any atom is -0.473 e. The number of carbonyl (C=O) groups is 1. The third-order valence-corrected chi connectivity index (χ3v) is 3.97. The number of carbonyl (C=O) groups excluding carboxylic acids is 1. The summed E-state index contributed by atoms with van der Waals surface area (Å²) in [6.45, 7) is 2.43. The number of benzene rings is 2. The van der Waals surface area contributed by atoms with Crippen LogP contribution in [0.4, 0.5) is 14.9 Å². The van der Waals surface area contributed by atoms with Crippen molar-refractivity contribution in [1.29, 1.82) is 0 Å². The molecule has 0 radical (unpaired) electrons. The fourth-order valence-corrected chi connectivity index (χ4v) is 2.67. The standard InChI is InChI=1S/C18H20FN3O2/c19-16-8-4-5-9-17(16)21-10-12-22(13-11-21)18(23)20-14-24-15-6-2-1-3-7-15/h1-9H,10-14H2,(H,20,23). The van der Waals surface area contributed by atoms with E-state index in [-0.39, 0.29) is 18.6 Å². The van der Waals surface area contributed by atoms with Crippen molar-refractivity contribution in [3.63, 3.8) is 0 Å². The van der Waals surface area contributed by atoms with Crippen molar-refractivity contribution in [2.75, 3.05) is 37.8 Å². The summed E-state index contributed by atoms with van der Waals surface area (Å²) < 4.78 is 19.3. The molecule has 3 rings (SSSR count). The summed E-state index contributed by atoms with van der Waals surface area (Å²) in [5.74, 6) is 0.480. The molecule has 2 amide bonds. The number of ether oxygens (including phenoxy) is 1. The number of hydrogen-bond donors (Lipinski definition) is 1. The number of rotatable bonds is 4. The van der Waals surface area contributed by atoms with Gasteiger partial charge < -0.3 is 19.9 Å². The summed E-state index contributed by atoms with van der Waals surface area (Å²) in [5, 5.41) is 2.74. The minimum atomic E-state index is -0.230. The monoisotopic (exact) mass is 329 g/mol. The number of anilines is 1. The van der Waals surface area contributed by atoms with E-state index >= 15 is 0 Å². The summed E-state index contributed by atoms with van der Waals surface area (Å²) in [5.41, 5.74) is 0.588. The first-order valence-corrected chi connectivity index (χ1v) is 7.94. The van der Waals surface area contributed by atoms with Gasteiger partial charge >= 0.3 is 6.03 Å². The van der Waals surface area contributed by atoms with Crippen LogP contribution in [-0.4, -0.2) is 43.8 Å². The lowest BCUT2D eigenvalue weighted by atomic mass is 10.2. The maximum Gasteiger partial charge on any atom is 0.320 e. The van der Waals surface area contributed by atoms with E-state index in [1.807, 2.05) is 41.3 Å². The second-order valence-corrected chi connectivity index (χ2v) is 5.51. The van der Waals surface area contributed by atoms with E-state index in [1.165, 1.54) is 6.07 Å². The van der Waals surface area contributed by atoms with Gasteiger partial charge in [-0.05, 0) is 24.3 Å². The van der Waals surface area contributed by atoms with Crippen LogP contribution >= 0.6 is 0 Å². The van der Waals surface area contributed by atoms with Crippen LogP contribution in [0.3, 0.4) is 0 Å². The normalized spacial score (nSPS) is 14.4. The first kappa shape index (κ1) is 16.1. The van der Waals surface area contributed by atoms with E-state index in [1.54, 1.807) is 17.0 Å². The fourth-order valence-electron chi connectivity index (χ4n) is 2.67. The Morgan fingerprint density at radius 3 is 2.38 bits per heavy atom. The maximum absolute atomic E-state index is 13.8. The molecule has 2 aromatic rings. The van der Waals surface area contributed by atoms with Gasteiger partial charge in [0.1, 0.15) is 11.6 Å². The van der Waals surface area contributed by atoms with Gasteiger partial charge in [-0.15, -0.1) is 0 Å². The van der Waals surface area contributed by atoms with Crippen molar-refractivity contribution in [2.45, 2.75) is 0 Å². The second-order valence-electron chi connectivity index (χ2n) is 5.51. The molecule has 1 N–H and O–H groups in total. The molecule has 0 spiro atoms. The average Bonchev–Trinajstić information content (AvgIpc) is 2.63. The molecule has 24 heavy (non-hydrogen) atoms. The van der Waals surface area contributed by atoms with E-state index in [9.17, 15) is 9.18 Å². The second kappa shape index (κ2) is 7.68. The van der Waals surface area contributed by atoms with Gasteiger partial charge in [0.15, 0.2) is 6.73 Å². The van der Waals surface area contributed by atoms with Crippen molar-refractivity contribution in [2.24, 2.45) is 0 Å². The summed E-state index contributed by atoms with van der Waals surface area (Å²) >= 11 is 0. The summed E-state index contributed by atoms with van der Waals surface area (Å²) in [6.07, 6.45) is 0. The van der Waals surface area contributed by atoms with Crippen LogP contribution in [-0.2, 0) is 0 Å². The highest BCUT2D eigenvalue weighted by atomic mass is 19.1. The van der Waals surface area contributed by atoms with Gasteiger partial charge in [0.05, 0.1) is 5.69 Å². The Morgan fingerprint density at radius 2 is 1.67 bits per heavy atom. The van der Waals surface area contributed by atoms with Crippen LogP contribution in [0.15, 0.2) is 54.6 Å². The van der Waals surface area contributed by atoms with Gasteiger partial charge in [-0.3, -0.25) is 0 Å². The summed E-state index contributed by atoms with van der Waals surface area (Å²) in [6, 6.07) is 15.9. The highest BCUT2D eigenvalue weighted by Gasteiger charge is 2.22. The average molecular weight is 329 g/mol. The number of nitrogens with zero attached hydrogens (tertiary/aromatic N) is 2. The first-order chi connectivity index (χ1) is 11.7. The number of hydrogen-bond acceptors (Lipinski definition) is 3. The predicted octanol–water partition coefficient (Wildman–Crippen LogP) is 2.69. The van der Waals surface area contributed by atoms with Crippen LogP contribution in [0.2, 0.25) is 0 Å². The minimum absolute atomic E-state index is 0.121. The molecule has 1 aliphatic heterocycles.